The van der Waals surface area contributed by atoms with Gasteiger partial charge in [0.15, 0.2) is 0 Å². The molecule has 11 heteroatoms. The summed E-state index contributed by atoms with van der Waals surface area (Å²) >= 11 is 0. The summed E-state index contributed by atoms with van der Waals surface area (Å²) in [5.41, 5.74) is 12.2. The molecule has 176 valence electrons. The first kappa shape index (κ1) is 21.7. The van der Waals surface area contributed by atoms with Gasteiger partial charge in [0.25, 0.3) is 0 Å². The maximum absolute atomic E-state index is 15.1. The Hall–Kier alpha value is -4.12. The van der Waals surface area contributed by atoms with E-state index in [2.05, 4.69) is 26.8 Å². The van der Waals surface area contributed by atoms with Crippen LogP contribution in [-0.4, -0.2) is 41.0 Å². The van der Waals surface area contributed by atoms with Crippen molar-refractivity contribution in [3.8, 4) is 11.1 Å². The van der Waals surface area contributed by atoms with E-state index in [9.17, 15) is 9.59 Å². The number of allylic oxidation sites excluding steroid dienone is 1. The molecule has 4 N–H and O–H groups in total. The molecule has 1 saturated heterocycles. The zero-order valence-electron chi connectivity index (χ0n) is 18.5. The number of nitrogens with one attached hydrogen (secondary N) is 4. The highest BCUT2D eigenvalue weighted by molar-refractivity contribution is 5.91. The lowest BCUT2D eigenvalue weighted by molar-refractivity contribution is -0.119. The average Bonchev–Trinajstić information content (AvgIpc) is 3.56. The van der Waals surface area contributed by atoms with Crippen molar-refractivity contribution in [2.75, 3.05) is 18.0 Å². The Morgan fingerprint density at radius 3 is 2.94 bits per heavy atom. The third-order valence-corrected chi connectivity index (χ3v) is 5.80. The topological polar surface area (TPSA) is 113 Å². The predicted octanol–water partition coefficient (Wildman–Crippen LogP) is 2.15. The van der Waals surface area contributed by atoms with Crippen molar-refractivity contribution in [2.45, 2.75) is 26.0 Å². The van der Waals surface area contributed by atoms with Crippen molar-refractivity contribution in [3.05, 3.63) is 60.3 Å². The molecule has 0 spiro atoms. The first-order valence-corrected chi connectivity index (χ1v) is 10.9. The minimum absolute atomic E-state index is 0.203. The van der Waals surface area contributed by atoms with Crippen molar-refractivity contribution < 1.29 is 18.7 Å². The van der Waals surface area contributed by atoms with Crippen molar-refractivity contribution in [1.82, 2.24) is 31.5 Å². The molecule has 2 aliphatic heterocycles. The number of hydrogen-bond acceptors (Lipinski definition) is 7. The van der Waals surface area contributed by atoms with E-state index in [4.69, 9.17) is 4.74 Å². The molecule has 0 aliphatic carbocycles. The Morgan fingerprint density at radius 1 is 1.29 bits per heavy atom. The van der Waals surface area contributed by atoms with Crippen LogP contribution in [0, 0.1) is 5.82 Å². The number of aryl methyl sites for hydroxylation is 1. The van der Waals surface area contributed by atoms with E-state index in [1.807, 2.05) is 29.1 Å². The lowest BCUT2D eigenvalue weighted by atomic mass is 10.0. The van der Waals surface area contributed by atoms with E-state index in [1.165, 1.54) is 17.9 Å². The summed E-state index contributed by atoms with van der Waals surface area (Å²) in [4.78, 5) is 24.7. The van der Waals surface area contributed by atoms with Crippen LogP contribution in [0.4, 0.5) is 14.9 Å². The van der Waals surface area contributed by atoms with E-state index in [0.29, 0.717) is 17.8 Å². The third-order valence-electron chi connectivity index (χ3n) is 5.80. The molecule has 5 rings (SSSR count). The van der Waals surface area contributed by atoms with Crippen LogP contribution in [0.15, 0.2) is 54.5 Å². The fourth-order valence-electron chi connectivity index (χ4n) is 4.07. The van der Waals surface area contributed by atoms with Gasteiger partial charge < -0.3 is 20.9 Å². The fourth-order valence-corrected chi connectivity index (χ4v) is 4.07. The Bertz CT molecular complexity index is 1290. The molecule has 1 aromatic heterocycles. The number of hydrazine groups is 2. The number of carbonyl (C=O) groups is 2. The molecule has 34 heavy (non-hydrogen) atoms. The molecule has 2 aliphatic rings. The summed E-state index contributed by atoms with van der Waals surface area (Å²) in [5.74, 6) is -0.646. The fraction of sp³-hybridized carbons (Fsp3) is 0.261. The second kappa shape index (κ2) is 9.02. The standard InChI is InChI=1S/C23H24FN7O3/c1-14(32)25-12-19-13-30(23(33)34-19)18-3-4-20(21(24)9-18)15-2-5-22-16(8-15)10-27-31(22)7-6-17-11-26-29-28-17/h2-5,8-11,19,26,28-29H,6-7,12-13H2,1H3,(H,25,32)/t19-/m0/s1. The number of benzene rings is 2. The molecule has 1 fully saturated rings. The molecule has 2 amide bonds. The van der Waals surface area contributed by atoms with E-state index in [-0.39, 0.29) is 19.0 Å². The van der Waals surface area contributed by atoms with Gasteiger partial charge in [0.1, 0.15) is 11.9 Å². The molecule has 0 bridgehead atoms. The van der Waals surface area contributed by atoms with Crippen LogP contribution in [0.1, 0.15) is 13.3 Å². The van der Waals surface area contributed by atoms with E-state index in [1.54, 1.807) is 18.3 Å². The zero-order valence-corrected chi connectivity index (χ0v) is 18.5. The van der Waals surface area contributed by atoms with Crippen molar-refractivity contribution in [1.29, 1.82) is 0 Å². The maximum Gasteiger partial charge on any atom is 0.414 e. The van der Waals surface area contributed by atoms with Gasteiger partial charge >= 0.3 is 6.09 Å². The highest BCUT2D eigenvalue weighted by Gasteiger charge is 2.32. The van der Waals surface area contributed by atoms with Gasteiger partial charge in [-0.1, -0.05) is 6.07 Å². The van der Waals surface area contributed by atoms with Crippen LogP contribution < -0.4 is 26.6 Å². The number of amides is 2. The van der Waals surface area contributed by atoms with Gasteiger partial charge in [-0.05, 0) is 35.9 Å². The molecule has 3 aromatic rings. The van der Waals surface area contributed by atoms with Crippen LogP contribution >= 0.6 is 0 Å². The van der Waals surface area contributed by atoms with E-state index >= 15 is 4.39 Å². The molecule has 1 atom stereocenters. The SMILES string of the molecule is CC(=O)NC[C@H]1CN(c2ccc(-c3ccc4c(cnn4CCC4=CNNN4)c3)c(F)c2)C(=O)O1. The minimum Gasteiger partial charge on any atom is -0.442 e. The van der Waals surface area contributed by atoms with E-state index in [0.717, 1.165) is 28.6 Å². The van der Waals surface area contributed by atoms with Gasteiger partial charge in [0.05, 0.1) is 30.5 Å². The summed E-state index contributed by atoms with van der Waals surface area (Å²) in [7, 11) is 0. The molecular weight excluding hydrogens is 441 g/mol. The summed E-state index contributed by atoms with van der Waals surface area (Å²) < 4.78 is 22.3. The number of anilines is 1. The van der Waals surface area contributed by atoms with Gasteiger partial charge in [-0.2, -0.15) is 10.6 Å². The first-order chi connectivity index (χ1) is 16.5. The molecule has 0 radical (unpaired) electrons. The van der Waals surface area contributed by atoms with E-state index < -0.39 is 18.0 Å². The average molecular weight is 465 g/mol. The summed E-state index contributed by atoms with van der Waals surface area (Å²) in [6.45, 7) is 2.55. The highest BCUT2D eigenvalue weighted by Crippen LogP contribution is 2.31. The molecule has 0 saturated carbocycles. The minimum atomic E-state index is -0.563. The van der Waals surface area contributed by atoms with Crippen molar-refractivity contribution >= 4 is 28.6 Å². The van der Waals surface area contributed by atoms with Gasteiger partial charge in [-0.15, -0.1) is 0 Å². The van der Waals surface area contributed by atoms with Crippen LogP contribution in [0.2, 0.25) is 0 Å². The number of rotatable bonds is 7. The molecular formula is C23H24FN7O3. The Labute approximate surface area is 194 Å². The quantitative estimate of drug-likeness (QED) is 0.423. The summed E-state index contributed by atoms with van der Waals surface area (Å²) in [5, 5.41) is 8.00. The lowest BCUT2D eigenvalue weighted by Crippen LogP contribution is -2.33. The number of fused-ring (bicyclic) bond motifs is 1. The van der Waals surface area contributed by atoms with Gasteiger partial charge in [-0.3, -0.25) is 14.4 Å². The van der Waals surface area contributed by atoms with Crippen molar-refractivity contribution in [2.24, 2.45) is 0 Å². The number of hydrogen-bond donors (Lipinski definition) is 4. The maximum atomic E-state index is 15.1. The third kappa shape index (κ3) is 4.37. The van der Waals surface area contributed by atoms with Gasteiger partial charge in [0.2, 0.25) is 5.91 Å². The smallest absolute Gasteiger partial charge is 0.414 e. The molecule has 2 aromatic carbocycles. The van der Waals surface area contributed by atoms with Crippen LogP contribution in [0.5, 0.6) is 0 Å². The molecule has 0 unspecified atom stereocenters. The lowest BCUT2D eigenvalue weighted by Gasteiger charge is -2.14. The number of carbonyl (C=O) groups excluding carboxylic acids is 2. The number of nitrogens with zero attached hydrogens (tertiary/aromatic N) is 3. The van der Waals surface area contributed by atoms with Crippen LogP contribution in [-0.2, 0) is 16.1 Å². The van der Waals surface area contributed by atoms with Crippen LogP contribution in [0.3, 0.4) is 0 Å². The number of halogens is 1. The second-order valence-electron chi connectivity index (χ2n) is 8.17. The normalized spacial score (nSPS) is 17.4. The summed E-state index contributed by atoms with van der Waals surface area (Å²) in [6.07, 6.45) is 3.37. The predicted molar refractivity (Wildman–Crippen MR) is 124 cm³/mol. The van der Waals surface area contributed by atoms with Crippen LogP contribution in [0.25, 0.3) is 22.0 Å². The summed E-state index contributed by atoms with van der Waals surface area (Å²) in [6, 6.07) is 10.4. The zero-order chi connectivity index (χ0) is 23.7. The van der Waals surface area contributed by atoms with Crippen molar-refractivity contribution in [3.63, 3.8) is 0 Å². The molecule has 3 heterocycles. The van der Waals surface area contributed by atoms with Gasteiger partial charge in [-0.25, -0.2) is 9.18 Å². The first-order valence-electron chi connectivity index (χ1n) is 10.9. The Kier molecular flexibility index (Phi) is 5.76. The highest BCUT2D eigenvalue weighted by atomic mass is 19.1. The number of aromatic nitrogens is 2. The Balaban J connectivity index is 1.31. The largest absolute Gasteiger partial charge is 0.442 e. The molecule has 10 nitrogen and oxygen atoms in total. The number of cyclic esters (lactones) is 1. The van der Waals surface area contributed by atoms with Gasteiger partial charge in [0, 0.05) is 42.7 Å². The monoisotopic (exact) mass is 465 g/mol. The second-order valence-corrected chi connectivity index (χ2v) is 8.17. The Morgan fingerprint density at radius 2 is 2.18 bits per heavy atom. The number of ether oxygens (including phenoxy) is 1.